The molecule has 0 amide bonds. The highest BCUT2D eigenvalue weighted by Crippen LogP contribution is 2.64. The van der Waals surface area contributed by atoms with Crippen LogP contribution in [0.4, 0.5) is 74.6 Å². The topological polar surface area (TPSA) is 48.8 Å². The quantitative estimate of drug-likeness (QED) is 0.150. The Morgan fingerprint density at radius 2 is 0.800 bits per heavy atom. The standard InChI is InChI=1S/C10H4F17N3/c11-3(12,1-2-29-30-28)4(13,14)5(15,16)6(17,18)7(19,20)8(21,22)9(23,24)10(25,26)27/h1-2H2. The van der Waals surface area contributed by atoms with Crippen LogP contribution in [0.2, 0.25) is 0 Å². The first-order chi connectivity index (χ1) is 12.8. The minimum absolute atomic E-state index is 1.66. The van der Waals surface area contributed by atoms with Gasteiger partial charge in [0.2, 0.25) is 0 Å². The first-order valence-corrected chi connectivity index (χ1v) is 6.53. The average Bonchev–Trinajstić information content (AvgIpc) is 2.52. The van der Waals surface area contributed by atoms with Gasteiger partial charge in [-0.15, -0.1) is 0 Å². The van der Waals surface area contributed by atoms with Crippen molar-refractivity contribution in [1.82, 2.24) is 0 Å². The second kappa shape index (κ2) is 7.37. The molecule has 0 aromatic carbocycles. The fourth-order valence-corrected chi connectivity index (χ4v) is 1.59. The molecule has 3 nitrogen and oxygen atoms in total. The van der Waals surface area contributed by atoms with Crippen LogP contribution in [0.5, 0.6) is 0 Å². The number of rotatable bonds is 9. The van der Waals surface area contributed by atoms with Gasteiger partial charge in [-0.2, -0.15) is 74.6 Å². The van der Waals surface area contributed by atoms with Crippen molar-refractivity contribution in [2.24, 2.45) is 5.11 Å². The van der Waals surface area contributed by atoms with Crippen LogP contribution in [0.1, 0.15) is 6.42 Å². The maximum absolute atomic E-state index is 13.3. The van der Waals surface area contributed by atoms with Crippen molar-refractivity contribution in [3.63, 3.8) is 0 Å². The SMILES string of the molecule is [N-]=[N+]=NCCC(F)(F)C(F)(F)C(F)(F)C(F)(F)C(F)(F)C(F)(F)C(F)(F)C(F)(F)F. The summed E-state index contributed by atoms with van der Waals surface area (Å²) in [6.07, 6.45) is -10.6. The van der Waals surface area contributed by atoms with Crippen molar-refractivity contribution in [3.8, 4) is 0 Å². The van der Waals surface area contributed by atoms with Crippen LogP contribution in [0.25, 0.3) is 10.4 Å². The summed E-state index contributed by atoms with van der Waals surface area (Å²) in [6, 6.07) is 0. The molecule has 0 fully saturated rings. The lowest BCUT2D eigenvalue weighted by molar-refractivity contribution is -0.461. The Kier molecular flexibility index (Phi) is 6.90. The lowest BCUT2D eigenvalue weighted by atomic mass is 9.88. The van der Waals surface area contributed by atoms with Gasteiger partial charge < -0.3 is 0 Å². The van der Waals surface area contributed by atoms with Gasteiger partial charge in [-0.25, -0.2) is 0 Å². The Labute approximate surface area is 152 Å². The van der Waals surface area contributed by atoms with Crippen molar-refractivity contribution in [3.05, 3.63) is 10.4 Å². The van der Waals surface area contributed by atoms with E-state index in [4.69, 9.17) is 5.53 Å². The van der Waals surface area contributed by atoms with Gasteiger partial charge in [-0.05, 0) is 5.53 Å². The molecular formula is C10H4F17N3. The first kappa shape index (κ1) is 28.1. The third-order valence-electron chi connectivity index (χ3n) is 3.38. The normalized spacial score (nSPS) is 15.8. The summed E-state index contributed by atoms with van der Waals surface area (Å²) in [7, 11) is 0. The summed E-state index contributed by atoms with van der Waals surface area (Å²) in [5.41, 5.74) is 7.71. The second-order valence-corrected chi connectivity index (χ2v) is 5.35. The van der Waals surface area contributed by atoms with Crippen LogP contribution < -0.4 is 0 Å². The molecule has 0 heterocycles. The van der Waals surface area contributed by atoms with Crippen LogP contribution in [-0.4, -0.2) is 54.2 Å². The summed E-state index contributed by atoms with van der Waals surface area (Å²) in [6.45, 7) is -1.86. The first-order valence-electron chi connectivity index (χ1n) is 6.53. The van der Waals surface area contributed by atoms with Crippen LogP contribution >= 0.6 is 0 Å². The molecule has 0 aliphatic carbocycles. The Morgan fingerprint density at radius 1 is 0.500 bits per heavy atom. The monoisotopic (exact) mass is 489 g/mol. The Bertz CT molecular complexity index is 672. The van der Waals surface area contributed by atoms with E-state index in [1.54, 1.807) is 4.91 Å². The predicted molar refractivity (Wildman–Crippen MR) is 59.3 cm³/mol. The van der Waals surface area contributed by atoms with Crippen molar-refractivity contribution < 1.29 is 74.6 Å². The lowest BCUT2D eigenvalue weighted by Crippen LogP contribution is -2.74. The van der Waals surface area contributed by atoms with Crippen molar-refractivity contribution in [2.45, 2.75) is 54.1 Å². The van der Waals surface area contributed by atoms with E-state index in [0.29, 0.717) is 0 Å². The van der Waals surface area contributed by atoms with Crippen molar-refractivity contribution >= 4 is 0 Å². The molecular weight excluding hydrogens is 485 g/mol. The molecule has 0 radical (unpaired) electrons. The summed E-state index contributed by atoms with van der Waals surface area (Å²) < 4.78 is 218. The zero-order valence-corrected chi connectivity index (χ0v) is 13.2. The summed E-state index contributed by atoms with van der Waals surface area (Å²) in [5, 5.41) is 2.10. The molecule has 0 aliphatic rings. The zero-order chi connectivity index (χ0) is 24.8. The predicted octanol–water partition coefficient (Wildman–Crippen LogP) is 6.70. The molecule has 0 unspecified atom stereocenters. The number of nitrogens with zero attached hydrogens (tertiary/aromatic N) is 3. The van der Waals surface area contributed by atoms with Crippen LogP contribution in [0.15, 0.2) is 5.11 Å². The molecule has 0 atom stereocenters. The molecule has 0 rings (SSSR count). The minimum atomic E-state index is -8.65. The minimum Gasteiger partial charge on any atom is -0.200 e. The van der Waals surface area contributed by atoms with E-state index in [9.17, 15) is 74.6 Å². The number of azide groups is 1. The Hall–Kier alpha value is -1.88. The molecule has 0 N–H and O–H groups in total. The van der Waals surface area contributed by atoms with Gasteiger partial charge in [0, 0.05) is 17.9 Å². The van der Waals surface area contributed by atoms with Crippen LogP contribution in [-0.2, 0) is 0 Å². The number of hydrogen-bond donors (Lipinski definition) is 0. The fourth-order valence-electron chi connectivity index (χ4n) is 1.59. The van der Waals surface area contributed by atoms with Crippen molar-refractivity contribution in [2.75, 3.05) is 6.54 Å². The van der Waals surface area contributed by atoms with E-state index in [1.807, 2.05) is 0 Å². The second-order valence-electron chi connectivity index (χ2n) is 5.35. The van der Waals surface area contributed by atoms with Gasteiger partial charge in [0.15, 0.2) is 0 Å². The number of alkyl halides is 17. The summed E-state index contributed by atoms with van der Waals surface area (Å²) >= 11 is 0. The third-order valence-corrected chi connectivity index (χ3v) is 3.38. The van der Waals surface area contributed by atoms with E-state index in [-0.39, 0.29) is 0 Å². The molecule has 0 aromatic rings. The zero-order valence-electron chi connectivity index (χ0n) is 13.2. The summed E-state index contributed by atoms with van der Waals surface area (Å²) in [4.78, 5) is 1.66. The smallest absolute Gasteiger partial charge is 0.200 e. The third kappa shape index (κ3) is 3.66. The van der Waals surface area contributed by atoms with Gasteiger partial charge >= 0.3 is 47.6 Å². The highest BCUT2D eigenvalue weighted by Gasteiger charge is 2.95. The largest absolute Gasteiger partial charge is 0.460 e. The van der Waals surface area contributed by atoms with Crippen molar-refractivity contribution in [1.29, 1.82) is 0 Å². The number of halogens is 17. The molecule has 178 valence electrons. The lowest BCUT2D eigenvalue weighted by Gasteiger charge is -2.42. The highest BCUT2D eigenvalue weighted by atomic mass is 19.4. The van der Waals surface area contributed by atoms with Gasteiger partial charge in [-0.3, -0.25) is 0 Å². The number of hydrogen-bond acceptors (Lipinski definition) is 1. The molecule has 0 saturated carbocycles. The maximum Gasteiger partial charge on any atom is 0.460 e. The highest BCUT2D eigenvalue weighted by molar-refractivity contribution is 5.15. The van der Waals surface area contributed by atoms with Gasteiger partial charge in [0.05, 0.1) is 0 Å². The van der Waals surface area contributed by atoms with E-state index in [0.717, 1.165) is 0 Å². The molecule has 0 saturated heterocycles. The van der Waals surface area contributed by atoms with E-state index >= 15 is 0 Å². The van der Waals surface area contributed by atoms with Crippen LogP contribution in [0.3, 0.4) is 0 Å². The van der Waals surface area contributed by atoms with Gasteiger partial charge in [-0.1, -0.05) is 5.11 Å². The Morgan fingerprint density at radius 3 is 1.10 bits per heavy atom. The molecule has 30 heavy (non-hydrogen) atoms. The van der Waals surface area contributed by atoms with Gasteiger partial charge in [0.1, 0.15) is 0 Å². The Balaban J connectivity index is 6.58. The van der Waals surface area contributed by atoms with E-state index in [2.05, 4.69) is 5.11 Å². The molecule has 0 spiro atoms. The van der Waals surface area contributed by atoms with Crippen LogP contribution in [0, 0.1) is 0 Å². The maximum atomic E-state index is 13.3. The van der Waals surface area contributed by atoms with E-state index in [1.165, 1.54) is 0 Å². The molecule has 0 aliphatic heterocycles. The fraction of sp³-hybridized carbons (Fsp3) is 1.00. The molecule has 20 heteroatoms. The van der Waals surface area contributed by atoms with Gasteiger partial charge in [0.25, 0.3) is 0 Å². The summed E-state index contributed by atoms with van der Waals surface area (Å²) in [5.74, 6) is -56.5. The average molecular weight is 489 g/mol. The molecule has 0 aromatic heterocycles. The van der Waals surface area contributed by atoms with E-state index < -0.39 is 60.6 Å². The molecule has 0 bridgehead atoms.